The van der Waals surface area contributed by atoms with Crippen molar-refractivity contribution in [3.8, 4) is 5.75 Å². The number of hydrogen-bond donors (Lipinski definition) is 1. The van der Waals surface area contributed by atoms with Crippen molar-refractivity contribution in [3.05, 3.63) is 76.9 Å². The molecule has 0 radical (unpaired) electrons. The average Bonchev–Trinajstić information content (AvgIpc) is 3.48. The van der Waals surface area contributed by atoms with Crippen LogP contribution in [-0.4, -0.2) is 61.9 Å². The van der Waals surface area contributed by atoms with Crippen LogP contribution in [-0.2, 0) is 6.54 Å². The summed E-state index contributed by atoms with van der Waals surface area (Å²) in [5, 5.41) is 21.0. The lowest BCUT2D eigenvalue weighted by Gasteiger charge is -2.17. The van der Waals surface area contributed by atoms with Gasteiger partial charge in [-0.2, -0.15) is 0 Å². The first-order valence-corrected chi connectivity index (χ1v) is 10.1. The number of aliphatic hydroxyl groups excluding tert-OH is 1. The molecule has 1 saturated heterocycles. The third-order valence-electron chi connectivity index (χ3n) is 5.28. The van der Waals surface area contributed by atoms with Crippen LogP contribution < -0.4 is 4.74 Å². The van der Waals surface area contributed by atoms with Crippen LogP contribution in [0, 0.1) is 12.4 Å². The third-order valence-corrected chi connectivity index (χ3v) is 5.28. The van der Waals surface area contributed by atoms with Crippen LogP contribution in [0.5, 0.6) is 5.75 Å². The lowest BCUT2D eigenvalue weighted by molar-refractivity contribution is 0.0788. The standard InChI is InChI=1S/C22H21FN6O3/c1-24-22-25-27-29(26-22)13-19(30)14-32-20-8-4-16(5-9-20)21(31)28-11-10-17(12-28)15-2-6-18(23)7-3-15/h2-9,17,19,30H,10-14H2/t17-,19+/m0/s1. The van der Waals surface area contributed by atoms with Gasteiger partial charge in [-0.3, -0.25) is 4.79 Å². The molecule has 0 unspecified atom stereocenters. The Kier molecular flexibility index (Phi) is 6.37. The maximum absolute atomic E-state index is 13.1. The molecule has 3 aromatic rings. The molecule has 0 bridgehead atoms. The van der Waals surface area contributed by atoms with Crippen LogP contribution in [0.3, 0.4) is 0 Å². The van der Waals surface area contributed by atoms with Crippen molar-refractivity contribution >= 4 is 11.9 Å². The predicted octanol–water partition coefficient (Wildman–Crippen LogP) is 2.43. The second-order valence-corrected chi connectivity index (χ2v) is 7.53. The zero-order valence-corrected chi connectivity index (χ0v) is 17.1. The van der Waals surface area contributed by atoms with Crippen LogP contribution in [0.15, 0.2) is 48.5 Å². The number of likely N-dealkylation sites (tertiary alicyclic amines) is 1. The van der Waals surface area contributed by atoms with Gasteiger partial charge in [-0.25, -0.2) is 4.39 Å². The van der Waals surface area contributed by atoms with Crippen LogP contribution in [0.1, 0.15) is 28.3 Å². The first kappa shape index (κ1) is 21.4. The molecule has 1 aliphatic heterocycles. The van der Waals surface area contributed by atoms with E-state index >= 15 is 0 Å². The number of benzene rings is 2. The summed E-state index contributed by atoms with van der Waals surface area (Å²) in [5.41, 5.74) is 1.59. The van der Waals surface area contributed by atoms with E-state index in [9.17, 15) is 14.3 Å². The Morgan fingerprint density at radius 2 is 2.00 bits per heavy atom. The molecule has 2 aromatic carbocycles. The van der Waals surface area contributed by atoms with Gasteiger partial charge in [-0.05, 0) is 58.6 Å². The van der Waals surface area contributed by atoms with Gasteiger partial charge >= 0.3 is 5.95 Å². The van der Waals surface area contributed by atoms with Crippen LogP contribution in [0.2, 0.25) is 0 Å². The molecule has 164 valence electrons. The zero-order chi connectivity index (χ0) is 22.5. The predicted molar refractivity (Wildman–Crippen MR) is 112 cm³/mol. The van der Waals surface area contributed by atoms with Gasteiger partial charge in [-0.15, -0.1) is 11.4 Å². The Morgan fingerprint density at radius 3 is 2.69 bits per heavy atom. The van der Waals surface area contributed by atoms with Gasteiger partial charge < -0.3 is 19.6 Å². The number of aliphatic hydroxyl groups is 1. The van der Waals surface area contributed by atoms with Gasteiger partial charge in [0, 0.05) is 29.8 Å². The largest absolute Gasteiger partial charge is 0.491 e. The number of ether oxygens (including phenoxy) is 1. The summed E-state index contributed by atoms with van der Waals surface area (Å²) in [4.78, 5) is 18.8. The summed E-state index contributed by atoms with van der Waals surface area (Å²) >= 11 is 0. The van der Waals surface area contributed by atoms with Gasteiger partial charge in [-0.1, -0.05) is 12.1 Å². The highest BCUT2D eigenvalue weighted by Crippen LogP contribution is 2.28. The fourth-order valence-corrected chi connectivity index (χ4v) is 3.62. The SMILES string of the molecule is [C-]#[N+]c1nnn(C[C@@H](O)COc2ccc(C(=O)N3CC[C@H](c4ccc(F)cc4)C3)cc2)n1. The normalized spacial score (nSPS) is 16.5. The van der Waals surface area contributed by atoms with Crippen molar-refractivity contribution in [1.82, 2.24) is 25.1 Å². The smallest absolute Gasteiger partial charge is 0.416 e. The van der Waals surface area contributed by atoms with Crippen LogP contribution in [0.25, 0.3) is 4.85 Å². The number of nitrogens with zero attached hydrogens (tertiary/aromatic N) is 6. The molecular formula is C22H21FN6O3. The molecule has 0 spiro atoms. The lowest BCUT2D eigenvalue weighted by Crippen LogP contribution is -2.28. The molecule has 1 amide bonds. The minimum atomic E-state index is -0.892. The molecule has 1 aliphatic rings. The molecule has 0 saturated carbocycles. The quantitative estimate of drug-likeness (QED) is 0.572. The van der Waals surface area contributed by atoms with Crippen molar-refractivity contribution < 1.29 is 19.0 Å². The first-order chi connectivity index (χ1) is 15.5. The zero-order valence-electron chi connectivity index (χ0n) is 17.1. The average molecular weight is 436 g/mol. The van der Waals surface area contributed by atoms with E-state index in [1.807, 2.05) is 0 Å². The Balaban J connectivity index is 1.28. The molecule has 0 aliphatic carbocycles. The number of aromatic nitrogens is 4. The topological polar surface area (TPSA) is 97.7 Å². The lowest BCUT2D eigenvalue weighted by atomic mass is 9.99. The minimum Gasteiger partial charge on any atom is -0.491 e. The molecule has 10 heteroatoms. The Bertz CT molecular complexity index is 1110. The Labute approximate surface area is 183 Å². The molecule has 2 heterocycles. The van der Waals surface area contributed by atoms with E-state index < -0.39 is 6.10 Å². The number of carbonyl (C=O) groups excluding carboxylic acids is 1. The van der Waals surface area contributed by atoms with E-state index in [0.29, 0.717) is 24.4 Å². The fraction of sp³-hybridized carbons (Fsp3) is 0.318. The van der Waals surface area contributed by atoms with E-state index in [1.54, 1.807) is 41.3 Å². The summed E-state index contributed by atoms with van der Waals surface area (Å²) in [5.74, 6) is 0.307. The summed E-state index contributed by atoms with van der Waals surface area (Å²) in [6, 6.07) is 13.2. The van der Waals surface area contributed by atoms with E-state index in [4.69, 9.17) is 11.3 Å². The summed E-state index contributed by atoms with van der Waals surface area (Å²) in [6.07, 6.45) is -0.0499. The van der Waals surface area contributed by atoms with E-state index in [1.165, 1.54) is 12.1 Å². The summed E-state index contributed by atoms with van der Waals surface area (Å²) in [6.45, 7) is 8.10. The number of rotatable bonds is 7. The van der Waals surface area contributed by atoms with E-state index in [2.05, 4.69) is 20.3 Å². The molecular weight excluding hydrogens is 415 g/mol. The number of halogens is 1. The van der Waals surface area contributed by atoms with Gasteiger partial charge in [0.25, 0.3) is 5.91 Å². The molecule has 4 rings (SSSR count). The second kappa shape index (κ2) is 9.53. The highest BCUT2D eigenvalue weighted by Gasteiger charge is 2.28. The monoisotopic (exact) mass is 436 g/mol. The maximum atomic E-state index is 13.1. The highest BCUT2D eigenvalue weighted by atomic mass is 19.1. The molecule has 9 nitrogen and oxygen atoms in total. The highest BCUT2D eigenvalue weighted by molar-refractivity contribution is 5.94. The van der Waals surface area contributed by atoms with Gasteiger partial charge in [0.05, 0.1) is 0 Å². The number of tetrazole rings is 1. The maximum Gasteiger partial charge on any atom is 0.416 e. The van der Waals surface area contributed by atoms with Crippen molar-refractivity contribution in [1.29, 1.82) is 0 Å². The fourth-order valence-electron chi connectivity index (χ4n) is 3.62. The van der Waals surface area contributed by atoms with Crippen molar-refractivity contribution in [2.24, 2.45) is 0 Å². The van der Waals surface area contributed by atoms with Crippen LogP contribution in [0.4, 0.5) is 10.3 Å². The number of hydrogen-bond acceptors (Lipinski definition) is 6. The van der Waals surface area contributed by atoms with Gasteiger partial charge in [0.2, 0.25) is 0 Å². The minimum absolute atomic E-state index is 0.00629. The molecule has 32 heavy (non-hydrogen) atoms. The third kappa shape index (κ3) is 5.07. The Morgan fingerprint density at radius 1 is 1.25 bits per heavy atom. The van der Waals surface area contributed by atoms with Crippen LogP contribution >= 0.6 is 0 Å². The van der Waals surface area contributed by atoms with Crippen molar-refractivity contribution in [2.45, 2.75) is 25.0 Å². The van der Waals surface area contributed by atoms with E-state index in [-0.39, 0.29) is 36.7 Å². The second-order valence-electron chi connectivity index (χ2n) is 7.53. The molecule has 1 aromatic heterocycles. The summed E-state index contributed by atoms with van der Waals surface area (Å²) < 4.78 is 18.7. The van der Waals surface area contributed by atoms with Gasteiger partial charge in [0.15, 0.2) is 0 Å². The number of carbonyl (C=O) groups is 1. The van der Waals surface area contributed by atoms with Crippen molar-refractivity contribution in [2.75, 3.05) is 19.7 Å². The van der Waals surface area contributed by atoms with E-state index in [0.717, 1.165) is 16.8 Å². The van der Waals surface area contributed by atoms with Crippen molar-refractivity contribution in [3.63, 3.8) is 0 Å². The molecule has 1 fully saturated rings. The Hall–Kier alpha value is -3.84. The molecule has 1 N–H and O–H groups in total. The number of amides is 1. The summed E-state index contributed by atoms with van der Waals surface area (Å²) in [7, 11) is 0. The molecule has 2 atom stereocenters. The first-order valence-electron chi connectivity index (χ1n) is 10.1. The van der Waals surface area contributed by atoms with Gasteiger partial charge in [0.1, 0.15) is 30.8 Å².